The molecule has 4 aromatic rings. The van der Waals surface area contributed by atoms with Crippen LogP contribution in [0.5, 0.6) is 0 Å². The van der Waals surface area contributed by atoms with Crippen LogP contribution >= 0.6 is 11.3 Å². The fourth-order valence-electron chi connectivity index (χ4n) is 2.92. The predicted octanol–water partition coefficient (Wildman–Crippen LogP) is 3.66. The smallest absolute Gasteiger partial charge is 0.267 e. The number of carbonyl (C=O) groups is 1. The molecule has 6 nitrogen and oxygen atoms in total. The summed E-state index contributed by atoms with van der Waals surface area (Å²) in [5.74, 6) is -0.292. The van der Waals surface area contributed by atoms with E-state index in [1.165, 1.54) is 22.1 Å². The van der Waals surface area contributed by atoms with Crippen molar-refractivity contribution in [2.24, 2.45) is 0 Å². The first kappa shape index (κ1) is 19.7. The highest BCUT2D eigenvalue weighted by molar-refractivity contribution is 7.13. The molecular weight excluding hydrogens is 396 g/mol. The standard InChI is InChI=1S/C23H20N4O2S/c1-16-7-9-17(10-8-16)20-11-12-22(29)27(26-20)14-21(28)24-13-19-15-30-23(25-19)18-5-3-2-4-6-18/h2-12,15H,13-14H2,1H3,(H,24,28). The Bertz CT molecular complexity index is 1210. The quantitative estimate of drug-likeness (QED) is 0.520. The zero-order chi connectivity index (χ0) is 20.9. The minimum Gasteiger partial charge on any atom is -0.349 e. The summed E-state index contributed by atoms with van der Waals surface area (Å²) in [6.07, 6.45) is 0. The number of nitrogens with one attached hydrogen (secondary N) is 1. The van der Waals surface area contributed by atoms with Gasteiger partial charge < -0.3 is 5.32 Å². The highest BCUT2D eigenvalue weighted by Gasteiger charge is 2.10. The molecule has 0 bridgehead atoms. The second-order valence-electron chi connectivity index (χ2n) is 6.87. The van der Waals surface area contributed by atoms with Gasteiger partial charge in [0.2, 0.25) is 5.91 Å². The SMILES string of the molecule is Cc1ccc(-c2ccc(=O)n(CC(=O)NCc3csc(-c4ccccc4)n3)n2)cc1. The number of aromatic nitrogens is 3. The van der Waals surface area contributed by atoms with E-state index in [-0.39, 0.29) is 18.0 Å². The maximum atomic E-state index is 12.4. The van der Waals surface area contributed by atoms with Crippen molar-refractivity contribution in [3.8, 4) is 21.8 Å². The van der Waals surface area contributed by atoms with Crippen molar-refractivity contribution >= 4 is 17.2 Å². The second-order valence-corrected chi connectivity index (χ2v) is 7.73. The van der Waals surface area contributed by atoms with Crippen LogP contribution in [0.1, 0.15) is 11.3 Å². The molecule has 2 aromatic carbocycles. The van der Waals surface area contributed by atoms with Gasteiger partial charge in [-0.3, -0.25) is 9.59 Å². The molecule has 2 heterocycles. The lowest BCUT2D eigenvalue weighted by atomic mass is 10.1. The van der Waals surface area contributed by atoms with Crippen LogP contribution < -0.4 is 10.9 Å². The van der Waals surface area contributed by atoms with Gasteiger partial charge in [-0.05, 0) is 13.0 Å². The lowest BCUT2D eigenvalue weighted by Crippen LogP contribution is -2.33. The molecule has 1 amide bonds. The third kappa shape index (κ3) is 4.69. The van der Waals surface area contributed by atoms with E-state index in [9.17, 15) is 9.59 Å². The number of nitrogens with zero attached hydrogens (tertiary/aromatic N) is 3. The average molecular weight is 417 g/mol. The molecule has 0 aliphatic carbocycles. The van der Waals surface area contributed by atoms with Gasteiger partial charge in [0.25, 0.3) is 5.56 Å². The Morgan fingerprint density at radius 1 is 1.00 bits per heavy atom. The Labute approximate surface area is 177 Å². The van der Waals surface area contributed by atoms with Crippen molar-refractivity contribution in [1.29, 1.82) is 0 Å². The normalized spacial score (nSPS) is 10.7. The molecule has 0 aliphatic heterocycles. The molecule has 4 rings (SSSR count). The van der Waals surface area contributed by atoms with E-state index in [4.69, 9.17) is 0 Å². The molecule has 0 spiro atoms. The fraction of sp³-hybridized carbons (Fsp3) is 0.130. The van der Waals surface area contributed by atoms with Gasteiger partial charge >= 0.3 is 0 Å². The predicted molar refractivity (Wildman–Crippen MR) is 118 cm³/mol. The van der Waals surface area contributed by atoms with E-state index in [0.717, 1.165) is 27.4 Å². The summed E-state index contributed by atoms with van der Waals surface area (Å²) >= 11 is 1.53. The van der Waals surface area contributed by atoms with Crippen molar-refractivity contribution in [1.82, 2.24) is 20.1 Å². The summed E-state index contributed by atoms with van der Waals surface area (Å²) in [4.78, 5) is 29.1. The van der Waals surface area contributed by atoms with Crippen LogP contribution in [0.3, 0.4) is 0 Å². The number of hydrogen-bond acceptors (Lipinski definition) is 5. The Hall–Kier alpha value is -3.58. The lowest BCUT2D eigenvalue weighted by Gasteiger charge is -2.08. The molecule has 0 atom stereocenters. The summed E-state index contributed by atoms with van der Waals surface area (Å²) in [5.41, 5.74) is 4.19. The fourth-order valence-corrected chi connectivity index (χ4v) is 3.75. The van der Waals surface area contributed by atoms with Gasteiger partial charge in [0.05, 0.1) is 17.9 Å². The molecular formula is C23H20N4O2S. The minimum atomic E-state index is -0.318. The van der Waals surface area contributed by atoms with E-state index in [1.807, 2.05) is 66.9 Å². The van der Waals surface area contributed by atoms with E-state index >= 15 is 0 Å². The lowest BCUT2D eigenvalue weighted by molar-refractivity contribution is -0.122. The van der Waals surface area contributed by atoms with Crippen molar-refractivity contribution in [2.75, 3.05) is 0 Å². The van der Waals surface area contributed by atoms with Gasteiger partial charge in [-0.1, -0.05) is 60.2 Å². The minimum absolute atomic E-state index is 0.145. The Morgan fingerprint density at radius 2 is 1.77 bits per heavy atom. The van der Waals surface area contributed by atoms with E-state index in [1.54, 1.807) is 6.07 Å². The highest BCUT2D eigenvalue weighted by Crippen LogP contribution is 2.23. The third-order valence-corrected chi connectivity index (χ3v) is 5.49. The average Bonchev–Trinajstić information content (AvgIpc) is 3.24. The first-order valence-corrected chi connectivity index (χ1v) is 10.4. The summed E-state index contributed by atoms with van der Waals surface area (Å²) in [6.45, 7) is 2.16. The number of carbonyl (C=O) groups excluding carboxylic acids is 1. The molecule has 0 unspecified atom stereocenters. The number of amides is 1. The number of rotatable bonds is 6. The van der Waals surface area contributed by atoms with Gasteiger partial charge in [0.15, 0.2) is 0 Å². The van der Waals surface area contributed by atoms with Gasteiger partial charge in [-0.2, -0.15) is 5.10 Å². The molecule has 30 heavy (non-hydrogen) atoms. The summed E-state index contributed by atoms with van der Waals surface area (Å²) in [7, 11) is 0. The highest BCUT2D eigenvalue weighted by atomic mass is 32.1. The maximum Gasteiger partial charge on any atom is 0.267 e. The van der Waals surface area contributed by atoms with Crippen LogP contribution in [0.4, 0.5) is 0 Å². The number of thiazole rings is 1. The van der Waals surface area contributed by atoms with E-state index in [2.05, 4.69) is 15.4 Å². The number of hydrogen-bond donors (Lipinski definition) is 1. The van der Waals surface area contributed by atoms with Crippen molar-refractivity contribution < 1.29 is 4.79 Å². The summed E-state index contributed by atoms with van der Waals surface area (Å²) in [5, 5.41) is 9.98. The molecule has 7 heteroatoms. The van der Waals surface area contributed by atoms with Crippen LogP contribution in [0, 0.1) is 6.92 Å². The Balaban J connectivity index is 1.41. The summed E-state index contributed by atoms with van der Waals surface area (Å²) in [6, 6.07) is 20.8. The summed E-state index contributed by atoms with van der Waals surface area (Å²) < 4.78 is 1.18. The van der Waals surface area contributed by atoms with Crippen molar-refractivity contribution in [3.63, 3.8) is 0 Å². The molecule has 0 radical (unpaired) electrons. The molecule has 2 aromatic heterocycles. The molecule has 0 saturated carbocycles. The van der Waals surface area contributed by atoms with Gasteiger partial charge in [-0.15, -0.1) is 11.3 Å². The zero-order valence-corrected chi connectivity index (χ0v) is 17.2. The molecule has 1 N–H and O–H groups in total. The largest absolute Gasteiger partial charge is 0.349 e. The first-order valence-electron chi connectivity index (χ1n) is 9.50. The second kappa shape index (κ2) is 8.84. The third-order valence-electron chi connectivity index (χ3n) is 4.55. The van der Waals surface area contributed by atoms with Gasteiger partial charge in [0.1, 0.15) is 11.6 Å². The number of benzene rings is 2. The van der Waals surface area contributed by atoms with Crippen LogP contribution in [0.15, 0.2) is 76.9 Å². The van der Waals surface area contributed by atoms with E-state index in [0.29, 0.717) is 12.2 Å². The topological polar surface area (TPSA) is 76.9 Å². The Kier molecular flexibility index (Phi) is 5.81. The van der Waals surface area contributed by atoms with Crippen molar-refractivity contribution in [2.45, 2.75) is 20.0 Å². The molecule has 0 fully saturated rings. The maximum absolute atomic E-state index is 12.4. The number of aryl methyl sites for hydroxylation is 1. The molecule has 0 saturated heterocycles. The van der Waals surface area contributed by atoms with E-state index < -0.39 is 0 Å². The van der Waals surface area contributed by atoms with Crippen LogP contribution in [0.25, 0.3) is 21.8 Å². The molecule has 150 valence electrons. The first-order chi connectivity index (χ1) is 14.6. The van der Waals surface area contributed by atoms with Gasteiger partial charge in [-0.25, -0.2) is 9.67 Å². The Morgan fingerprint density at radius 3 is 2.53 bits per heavy atom. The van der Waals surface area contributed by atoms with Crippen LogP contribution in [-0.4, -0.2) is 20.7 Å². The van der Waals surface area contributed by atoms with Crippen molar-refractivity contribution in [3.05, 3.63) is 93.7 Å². The molecule has 0 aliphatic rings. The van der Waals surface area contributed by atoms with Gasteiger partial charge in [0, 0.05) is 22.6 Å². The zero-order valence-electron chi connectivity index (χ0n) is 16.4. The van der Waals surface area contributed by atoms with Crippen LogP contribution in [-0.2, 0) is 17.9 Å². The van der Waals surface area contributed by atoms with Crippen LogP contribution in [0.2, 0.25) is 0 Å². The monoisotopic (exact) mass is 416 g/mol.